The average Bonchev–Trinajstić information content (AvgIpc) is 2.94. The van der Waals surface area contributed by atoms with Crippen LogP contribution in [0.4, 0.5) is 0 Å². The number of furan rings is 1. The molecule has 2 aromatic heterocycles. The molecule has 0 atom stereocenters. The highest BCUT2D eigenvalue weighted by Crippen LogP contribution is 2.21. The third-order valence-electron chi connectivity index (χ3n) is 3.99. The monoisotopic (exact) mass is 283 g/mol. The van der Waals surface area contributed by atoms with E-state index in [-0.39, 0.29) is 0 Å². The molecule has 1 aromatic carbocycles. The van der Waals surface area contributed by atoms with Crippen LogP contribution in [0.2, 0.25) is 0 Å². The van der Waals surface area contributed by atoms with Gasteiger partial charge in [-0.25, -0.2) is 0 Å². The van der Waals surface area contributed by atoms with E-state index in [1.165, 1.54) is 11.3 Å². The van der Waals surface area contributed by atoms with Gasteiger partial charge < -0.3 is 4.42 Å². The first kappa shape index (κ1) is 13.9. The van der Waals surface area contributed by atoms with E-state index in [1.807, 2.05) is 29.9 Å². The number of hydrogen-bond donors (Lipinski definition) is 0. The summed E-state index contributed by atoms with van der Waals surface area (Å²) >= 11 is 0. The number of fused-ring (bicyclic) bond motifs is 1. The molecule has 0 aliphatic heterocycles. The van der Waals surface area contributed by atoms with Crippen LogP contribution >= 0.6 is 0 Å². The molecule has 0 bridgehead atoms. The van der Waals surface area contributed by atoms with Crippen LogP contribution in [0, 0.1) is 13.8 Å². The fraction of sp³-hybridized carbons (Fsp3) is 0.353. The van der Waals surface area contributed by atoms with Crippen LogP contribution in [-0.4, -0.2) is 21.7 Å². The van der Waals surface area contributed by atoms with Crippen molar-refractivity contribution < 1.29 is 4.42 Å². The molecule has 0 fully saturated rings. The molecule has 0 aliphatic carbocycles. The van der Waals surface area contributed by atoms with Crippen LogP contribution in [0.3, 0.4) is 0 Å². The molecule has 0 amide bonds. The highest BCUT2D eigenvalue weighted by atomic mass is 16.3. The summed E-state index contributed by atoms with van der Waals surface area (Å²) in [5.74, 6) is 0.998. The predicted molar refractivity (Wildman–Crippen MR) is 84.1 cm³/mol. The van der Waals surface area contributed by atoms with Gasteiger partial charge in [-0.05, 0) is 33.0 Å². The molecule has 0 N–H and O–H groups in total. The molecule has 0 radical (unpaired) electrons. The lowest BCUT2D eigenvalue weighted by Crippen LogP contribution is -2.17. The summed E-state index contributed by atoms with van der Waals surface area (Å²) in [6.45, 7) is 5.85. The number of benzene rings is 1. The Morgan fingerprint density at radius 3 is 2.62 bits per heavy atom. The van der Waals surface area contributed by atoms with Gasteiger partial charge in [-0.3, -0.25) is 9.58 Å². The van der Waals surface area contributed by atoms with Gasteiger partial charge in [-0.1, -0.05) is 18.2 Å². The van der Waals surface area contributed by atoms with Crippen molar-refractivity contribution in [3.63, 3.8) is 0 Å². The standard InChI is InChI=1S/C17H21N3O/c1-12-16(13(2)20(4)18-12)11-19(3)10-15-9-14-7-5-6-8-17(14)21-15/h5-9H,10-11H2,1-4H3. The third kappa shape index (κ3) is 2.72. The summed E-state index contributed by atoms with van der Waals surface area (Å²) in [5.41, 5.74) is 4.58. The van der Waals surface area contributed by atoms with Crippen molar-refractivity contribution in [2.75, 3.05) is 7.05 Å². The topological polar surface area (TPSA) is 34.2 Å². The van der Waals surface area contributed by atoms with Crippen LogP contribution < -0.4 is 0 Å². The Bertz CT molecular complexity index is 737. The smallest absolute Gasteiger partial charge is 0.134 e. The molecular formula is C17H21N3O. The molecule has 3 aromatic rings. The Morgan fingerprint density at radius 1 is 1.19 bits per heavy atom. The van der Waals surface area contributed by atoms with Crippen molar-refractivity contribution in [3.8, 4) is 0 Å². The van der Waals surface area contributed by atoms with Gasteiger partial charge in [0.25, 0.3) is 0 Å². The maximum absolute atomic E-state index is 5.88. The number of para-hydroxylation sites is 1. The summed E-state index contributed by atoms with van der Waals surface area (Å²) < 4.78 is 7.82. The molecule has 0 spiro atoms. The number of nitrogens with zero attached hydrogens (tertiary/aromatic N) is 3. The number of aryl methyl sites for hydroxylation is 2. The number of aromatic nitrogens is 2. The lowest BCUT2D eigenvalue weighted by atomic mass is 10.2. The van der Waals surface area contributed by atoms with Gasteiger partial charge in [0.2, 0.25) is 0 Å². The number of hydrogen-bond acceptors (Lipinski definition) is 3. The normalized spacial score (nSPS) is 11.7. The largest absolute Gasteiger partial charge is 0.460 e. The highest BCUT2D eigenvalue weighted by Gasteiger charge is 2.13. The summed E-state index contributed by atoms with van der Waals surface area (Å²) in [6, 6.07) is 10.2. The van der Waals surface area contributed by atoms with Gasteiger partial charge in [-0.15, -0.1) is 0 Å². The zero-order chi connectivity index (χ0) is 15.0. The van der Waals surface area contributed by atoms with Crippen molar-refractivity contribution in [1.82, 2.24) is 14.7 Å². The molecule has 21 heavy (non-hydrogen) atoms. The van der Waals surface area contributed by atoms with E-state index in [1.54, 1.807) is 0 Å². The first-order chi connectivity index (χ1) is 10.0. The minimum Gasteiger partial charge on any atom is -0.460 e. The summed E-state index contributed by atoms with van der Waals surface area (Å²) in [6.07, 6.45) is 0. The van der Waals surface area contributed by atoms with E-state index < -0.39 is 0 Å². The van der Waals surface area contributed by atoms with Crippen molar-refractivity contribution in [3.05, 3.63) is 53.0 Å². The van der Waals surface area contributed by atoms with E-state index in [0.717, 1.165) is 35.5 Å². The van der Waals surface area contributed by atoms with Crippen LogP contribution in [0.5, 0.6) is 0 Å². The molecule has 2 heterocycles. The second kappa shape index (κ2) is 5.37. The quantitative estimate of drug-likeness (QED) is 0.736. The molecule has 0 saturated heterocycles. The first-order valence-corrected chi connectivity index (χ1v) is 7.19. The molecule has 0 unspecified atom stereocenters. The van der Waals surface area contributed by atoms with Gasteiger partial charge in [0.05, 0.1) is 12.2 Å². The van der Waals surface area contributed by atoms with Crippen LogP contribution in [0.25, 0.3) is 11.0 Å². The zero-order valence-electron chi connectivity index (χ0n) is 13.1. The first-order valence-electron chi connectivity index (χ1n) is 7.19. The summed E-state index contributed by atoms with van der Waals surface area (Å²) in [5, 5.41) is 5.63. The van der Waals surface area contributed by atoms with Crippen molar-refractivity contribution in [2.45, 2.75) is 26.9 Å². The van der Waals surface area contributed by atoms with E-state index >= 15 is 0 Å². The maximum Gasteiger partial charge on any atom is 0.134 e. The van der Waals surface area contributed by atoms with E-state index in [4.69, 9.17) is 4.42 Å². The highest BCUT2D eigenvalue weighted by molar-refractivity contribution is 5.77. The Morgan fingerprint density at radius 2 is 1.95 bits per heavy atom. The zero-order valence-corrected chi connectivity index (χ0v) is 13.1. The lowest BCUT2D eigenvalue weighted by Gasteiger charge is -2.15. The minimum atomic E-state index is 0.794. The van der Waals surface area contributed by atoms with Gasteiger partial charge in [-0.2, -0.15) is 5.10 Å². The fourth-order valence-electron chi connectivity index (χ4n) is 2.75. The molecule has 0 aliphatic rings. The molecule has 110 valence electrons. The minimum absolute atomic E-state index is 0.794. The van der Waals surface area contributed by atoms with Gasteiger partial charge >= 0.3 is 0 Å². The molecular weight excluding hydrogens is 262 g/mol. The van der Waals surface area contributed by atoms with Crippen molar-refractivity contribution in [1.29, 1.82) is 0 Å². The van der Waals surface area contributed by atoms with Crippen LogP contribution in [0.1, 0.15) is 22.7 Å². The average molecular weight is 283 g/mol. The lowest BCUT2D eigenvalue weighted by molar-refractivity contribution is 0.290. The number of rotatable bonds is 4. The van der Waals surface area contributed by atoms with Crippen LogP contribution in [0.15, 0.2) is 34.7 Å². The van der Waals surface area contributed by atoms with Crippen LogP contribution in [-0.2, 0) is 20.1 Å². The van der Waals surface area contributed by atoms with Gasteiger partial charge in [0.15, 0.2) is 0 Å². The Kier molecular flexibility index (Phi) is 3.55. The molecule has 4 nitrogen and oxygen atoms in total. The Labute approximate surface area is 125 Å². The van der Waals surface area contributed by atoms with Crippen molar-refractivity contribution >= 4 is 11.0 Å². The molecule has 4 heteroatoms. The molecule has 3 rings (SSSR count). The molecule has 0 saturated carbocycles. The predicted octanol–water partition coefficient (Wildman–Crippen LogP) is 3.42. The van der Waals surface area contributed by atoms with E-state index in [0.29, 0.717) is 0 Å². The Hall–Kier alpha value is -2.07. The van der Waals surface area contributed by atoms with E-state index in [2.05, 4.69) is 43.0 Å². The summed E-state index contributed by atoms with van der Waals surface area (Å²) in [7, 11) is 4.10. The van der Waals surface area contributed by atoms with Gasteiger partial charge in [0.1, 0.15) is 11.3 Å². The second-order valence-electron chi connectivity index (χ2n) is 5.70. The Balaban J connectivity index is 1.75. The second-order valence-corrected chi connectivity index (χ2v) is 5.70. The van der Waals surface area contributed by atoms with Crippen molar-refractivity contribution in [2.24, 2.45) is 7.05 Å². The fourth-order valence-corrected chi connectivity index (χ4v) is 2.75. The summed E-state index contributed by atoms with van der Waals surface area (Å²) in [4.78, 5) is 2.26. The maximum atomic E-state index is 5.88. The SMILES string of the molecule is Cc1nn(C)c(C)c1CN(C)Cc1cc2ccccc2o1. The third-order valence-corrected chi connectivity index (χ3v) is 3.99. The van der Waals surface area contributed by atoms with Gasteiger partial charge in [0, 0.05) is 30.2 Å². The van der Waals surface area contributed by atoms with E-state index in [9.17, 15) is 0 Å².